The number of carbonyl (C=O) groups excluding carboxylic acids is 1. The Hall–Kier alpha value is -1.46. The fraction of sp³-hybridized carbons (Fsp3) is 0.182. The van der Waals surface area contributed by atoms with Crippen LogP contribution in [0.2, 0.25) is 0 Å². The minimum atomic E-state index is -4.38. The molecule has 1 atom stereocenters. The van der Waals surface area contributed by atoms with Crippen LogP contribution in [-0.4, -0.2) is 29.5 Å². The SMILES string of the molecule is O=CC(=Cc1ccccc1)OP(=O)(O)OCCO. The normalized spacial score (nSPS) is 14.9. The molecule has 0 amide bonds. The minimum absolute atomic E-state index is 0.304. The standard InChI is InChI=1S/C11H13O6P/c12-6-7-16-18(14,15)17-11(9-13)8-10-4-2-1-3-5-10/h1-5,8-9,12H,6-7H2,(H,14,15). The molecule has 7 heteroatoms. The number of phosphoric acid groups is 1. The molecular weight excluding hydrogens is 259 g/mol. The van der Waals surface area contributed by atoms with E-state index in [4.69, 9.17) is 5.11 Å². The highest BCUT2D eigenvalue weighted by Crippen LogP contribution is 2.45. The summed E-state index contributed by atoms with van der Waals surface area (Å²) in [6.45, 7) is -0.780. The molecule has 1 rings (SSSR count). The van der Waals surface area contributed by atoms with Gasteiger partial charge in [-0.1, -0.05) is 30.3 Å². The van der Waals surface area contributed by atoms with Crippen molar-refractivity contribution in [1.29, 1.82) is 0 Å². The van der Waals surface area contributed by atoms with Gasteiger partial charge in [-0.05, 0) is 11.6 Å². The molecule has 6 nitrogen and oxygen atoms in total. The summed E-state index contributed by atoms with van der Waals surface area (Å²) in [5, 5.41) is 8.46. The van der Waals surface area contributed by atoms with Crippen LogP contribution >= 0.6 is 7.82 Å². The summed E-state index contributed by atoms with van der Waals surface area (Å²) in [5.74, 6) is -0.329. The van der Waals surface area contributed by atoms with E-state index < -0.39 is 14.4 Å². The molecular formula is C11H13O6P. The summed E-state index contributed by atoms with van der Waals surface area (Å²) in [6, 6.07) is 8.68. The van der Waals surface area contributed by atoms with E-state index in [0.29, 0.717) is 11.8 Å². The topological polar surface area (TPSA) is 93.1 Å². The summed E-state index contributed by atoms with van der Waals surface area (Å²) >= 11 is 0. The molecule has 0 heterocycles. The Labute approximate surface area is 104 Å². The molecule has 0 bridgehead atoms. The van der Waals surface area contributed by atoms with Gasteiger partial charge in [-0.15, -0.1) is 0 Å². The van der Waals surface area contributed by atoms with Gasteiger partial charge in [0.1, 0.15) is 0 Å². The zero-order valence-corrected chi connectivity index (χ0v) is 10.3. The highest BCUT2D eigenvalue weighted by Gasteiger charge is 2.23. The van der Waals surface area contributed by atoms with Crippen LogP contribution in [0.25, 0.3) is 6.08 Å². The number of allylic oxidation sites excluding steroid dienone is 1. The van der Waals surface area contributed by atoms with Crippen molar-refractivity contribution in [3.63, 3.8) is 0 Å². The highest BCUT2D eigenvalue weighted by atomic mass is 31.2. The van der Waals surface area contributed by atoms with Gasteiger partial charge in [-0.25, -0.2) is 4.57 Å². The van der Waals surface area contributed by atoms with Crippen LogP contribution in [0.5, 0.6) is 0 Å². The molecule has 0 aliphatic rings. The number of phosphoric ester groups is 1. The Morgan fingerprint density at radius 3 is 2.56 bits per heavy atom. The van der Waals surface area contributed by atoms with Crippen molar-refractivity contribution in [2.45, 2.75) is 0 Å². The fourth-order valence-electron chi connectivity index (χ4n) is 1.11. The van der Waals surface area contributed by atoms with E-state index in [0.717, 1.165) is 0 Å². The Kier molecular flexibility index (Phi) is 5.74. The molecule has 98 valence electrons. The van der Waals surface area contributed by atoms with Crippen molar-refractivity contribution in [1.82, 2.24) is 0 Å². The van der Waals surface area contributed by atoms with Crippen molar-refractivity contribution in [3.05, 3.63) is 41.7 Å². The van der Waals surface area contributed by atoms with Crippen molar-refractivity contribution in [2.75, 3.05) is 13.2 Å². The predicted molar refractivity (Wildman–Crippen MR) is 64.4 cm³/mol. The molecule has 0 aliphatic heterocycles. The molecule has 0 saturated carbocycles. The quantitative estimate of drug-likeness (QED) is 0.337. The summed E-state index contributed by atoms with van der Waals surface area (Å²) in [4.78, 5) is 20.0. The van der Waals surface area contributed by atoms with Crippen molar-refractivity contribution >= 4 is 20.2 Å². The first-order chi connectivity index (χ1) is 8.57. The van der Waals surface area contributed by atoms with Crippen LogP contribution in [0.1, 0.15) is 5.56 Å². The van der Waals surface area contributed by atoms with Gasteiger partial charge in [0.25, 0.3) is 0 Å². The number of benzene rings is 1. The Bertz CT molecular complexity index is 456. The smallest absolute Gasteiger partial charge is 0.401 e. The lowest BCUT2D eigenvalue weighted by Crippen LogP contribution is -2.01. The first-order valence-corrected chi connectivity index (χ1v) is 6.56. The van der Waals surface area contributed by atoms with Crippen molar-refractivity contribution in [2.24, 2.45) is 0 Å². The maximum atomic E-state index is 11.3. The van der Waals surface area contributed by atoms with Gasteiger partial charge >= 0.3 is 7.82 Å². The summed E-state index contributed by atoms with van der Waals surface area (Å²) in [5.41, 5.74) is 0.641. The number of rotatable bonds is 7. The molecule has 1 unspecified atom stereocenters. The number of carbonyl (C=O) groups is 1. The lowest BCUT2D eigenvalue weighted by atomic mass is 10.2. The fourth-order valence-corrected chi connectivity index (χ4v) is 1.84. The maximum absolute atomic E-state index is 11.3. The summed E-state index contributed by atoms with van der Waals surface area (Å²) in [6.07, 6.45) is 1.61. The first-order valence-electron chi connectivity index (χ1n) is 5.07. The van der Waals surface area contributed by atoms with Crippen LogP contribution in [0.15, 0.2) is 36.1 Å². The summed E-state index contributed by atoms with van der Waals surface area (Å²) in [7, 11) is -4.38. The Balaban J connectivity index is 2.76. The van der Waals surface area contributed by atoms with Crippen LogP contribution in [0.3, 0.4) is 0 Å². The monoisotopic (exact) mass is 272 g/mol. The zero-order valence-electron chi connectivity index (χ0n) is 9.43. The molecule has 2 N–H and O–H groups in total. The van der Waals surface area contributed by atoms with Crippen LogP contribution in [0, 0.1) is 0 Å². The molecule has 0 fully saturated rings. The third-order valence-electron chi connectivity index (χ3n) is 1.79. The largest absolute Gasteiger partial charge is 0.527 e. The number of aliphatic hydroxyl groups excluding tert-OH is 1. The molecule has 18 heavy (non-hydrogen) atoms. The van der Waals surface area contributed by atoms with Crippen molar-refractivity contribution < 1.29 is 28.4 Å². The summed E-state index contributed by atoms with van der Waals surface area (Å²) < 4.78 is 20.3. The molecule has 0 spiro atoms. The van der Waals surface area contributed by atoms with E-state index in [-0.39, 0.29) is 12.4 Å². The molecule has 0 saturated heterocycles. The molecule has 1 aromatic rings. The van der Waals surface area contributed by atoms with Gasteiger partial charge in [-0.3, -0.25) is 14.2 Å². The molecule has 0 aromatic heterocycles. The van der Waals surface area contributed by atoms with Gasteiger partial charge in [0.2, 0.25) is 0 Å². The molecule has 0 aliphatic carbocycles. The number of aldehydes is 1. The van der Waals surface area contributed by atoms with Gasteiger partial charge in [0, 0.05) is 0 Å². The number of hydrogen-bond donors (Lipinski definition) is 2. The predicted octanol–water partition coefficient (Wildman–Crippen LogP) is 1.35. The second kappa shape index (κ2) is 7.08. The number of aliphatic hydroxyl groups is 1. The van der Waals surface area contributed by atoms with Gasteiger partial charge < -0.3 is 9.63 Å². The van der Waals surface area contributed by atoms with E-state index in [1.54, 1.807) is 30.3 Å². The van der Waals surface area contributed by atoms with Crippen molar-refractivity contribution in [3.8, 4) is 0 Å². The Morgan fingerprint density at radius 2 is 2.00 bits per heavy atom. The third-order valence-corrected chi connectivity index (χ3v) is 2.74. The van der Waals surface area contributed by atoms with E-state index in [9.17, 15) is 14.3 Å². The highest BCUT2D eigenvalue weighted by molar-refractivity contribution is 7.47. The van der Waals surface area contributed by atoms with Gasteiger partial charge in [0.05, 0.1) is 13.2 Å². The van der Waals surface area contributed by atoms with E-state index in [2.05, 4.69) is 9.05 Å². The Morgan fingerprint density at radius 1 is 1.33 bits per heavy atom. The van der Waals surface area contributed by atoms with Crippen LogP contribution < -0.4 is 0 Å². The number of hydrogen-bond acceptors (Lipinski definition) is 5. The second-order valence-corrected chi connectivity index (χ2v) is 4.57. The van der Waals surface area contributed by atoms with Gasteiger partial charge in [-0.2, -0.15) is 0 Å². The second-order valence-electron chi connectivity index (χ2n) is 3.19. The van der Waals surface area contributed by atoms with Crippen LogP contribution in [0.4, 0.5) is 0 Å². The maximum Gasteiger partial charge on any atom is 0.527 e. The zero-order chi connectivity index (χ0) is 13.4. The first kappa shape index (κ1) is 14.6. The van der Waals surface area contributed by atoms with E-state index in [1.807, 2.05) is 0 Å². The third kappa shape index (κ3) is 5.25. The van der Waals surface area contributed by atoms with Gasteiger partial charge in [0.15, 0.2) is 12.0 Å². The van der Waals surface area contributed by atoms with E-state index >= 15 is 0 Å². The molecule has 0 radical (unpaired) electrons. The average molecular weight is 272 g/mol. The lowest BCUT2D eigenvalue weighted by molar-refractivity contribution is -0.106. The van der Waals surface area contributed by atoms with Crippen LogP contribution in [-0.2, 0) is 18.4 Å². The lowest BCUT2D eigenvalue weighted by Gasteiger charge is -2.11. The molecule has 1 aromatic carbocycles. The minimum Gasteiger partial charge on any atom is -0.401 e. The van der Waals surface area contributed by atoms with E-state index in [1.165, 1.54) is 6.08 Å². The average Bonchev–Trinajstić information content (AvgIpc) is 2.36.